The minimum absolute atomic E-state index is 0.551. The van der Waals surface area contributed by atoms with Crippen molar-refractivity contribution >= 4 is 0 Å². The van der Waals surface area contributed by atoms with Crippen LogP contribution in [-0.4, -0.2) is 0 Å². The molecule has 27 heavy (non-hydrogen) atoms. The van der Waals surface area contributed by atoms with Gasteiger partial charge >= 0.3 is 0 Å². The summed E-state index contributed by atoms with van der Waals surface area (Å²) >= 11 is 0. The maximum Gasteiger partial charge on any atom is -0.0143 e. The fraction of sp³-hybridized carbons (Fsp3) is 0.852. The van der Waals surface area contributed by atoms with Gasteiger partial charge in [0.05, 0.1) is 0 Å². The lowest BCUT2D eigenvalue weighted by molar-refractivity contribution is 0.0314. The summed E-state index contributed by atoms with van der Waals surface area (Å²) in [5.74, 6) is 5.87. The molecular formula is C27H44. The van der Waals surface area contributed by atoms with E-state index in [4.69, 9.17) is 0 Å². The third-order valence-corrected chi connectivity index (χ3v) is 10.2. The van der Waals surface area contributed by atoms with Gasteiger partial charge in [0, 0.05) is 0 Å². The number of hydrogen-bond donors (Lipinski definition) is 0. The zero-order chi connectivity index (χ0) is 19.4. The molecule has 0 nitrogen and oxygen atoms in total. The van der Waals surface area contributed by atoms with Gasteiger partial charge in [0.15, 0.2) is 0 Å². The molecule has 0 heterocycles. The Kier molecular flexibility index (Phi) is 5.18. The number of fused-ring (bicyclic) bond motifs is 5. The minimum Gasteiger partial charge on any atom is -0.0852 e. The Morgan fingerprint density at radius 2 is 1.63 bits per heavy atom. The maximum atomic E-state index is 2.76. The standard InChI is InChI=1S/C27H44/c1-18(2)19(3)9-10-20(4)23-13-14-24-22-12-11-21-8-7-16-26(21,5)25(22)15-17-27(23,24)6/h9-10,12,18-21,23-25H,7-8,11,13-17H2,1-6H3. The predicted octanol–water partition coefficient (Wildman–Crippen LogP) is 8.05. The first-order valence-corrected chi connectivity index (χ1v) is 12.2. The molecule has 0 saturated heterocycles. The van der Waals surface area contributed by atoms with Gasteiger partial charge in [-0.3, -0.25) is 0 Å². The Morgan fingerprint density at radius 1 is 0.889 bits per heavy atom. The lowest BCUT2D eigenvalue weighted by Gasteiger charge is -2.54. The topological polar surface area (TPSA) is 0 Å². The average Bonchev–Trinajstić information content (AvgIpc) is 3.18. The highest BCUT2D eigenvalue weighted by Gasteiger charge is 2.57. The molecule has 8 unspecified atom stereocenters. The molecule has 4 aliphatic rings. The van der Waals surface area contributed by atoms with Gasteiger partial charge in [-0.15, -0.1) is 0 Å². The summed E-state index contributed by atoms with van der Waals surface area (Å²) in [5.41, 5.74) is 3.12. The summed E-state index contributed by atoms with van der Waals surface area (Å²) in [6.07, 6.45) is 19.6. The van der Waals surface area contributed by atoms with Crippen molar-refractivity contribution in [1.29, 1.82) is 0 Å². The van der Waals surface area contributed by atoms with Gasteiger partial charge < -0.3 is 0 Å². The Bertz CT molecular complexity index is 610. The van der Waals surface area contributed by atoms with Crippen molar-refractivity contribution in [3.05, 3.63) is 23.8 Å². The fourth-order valence-electron chi connectivity index (χ4n) is 7.99. The third kappa shape index (κ3) is 3.08. The molecule has 3 saturated carbocycles. The molecule has 152 valence electrons. The molecule has 4 aliphatic carbocycles. The van der Waals surface area contributed by atoms with E-state index in [1.807, 2.05) is 5.57 Å². The first kappa shape index (κ1) is 19.8. The van der Waals surface area contributed by atoms with Crippen LogP contribution in [0.3, 0.4) is 0 Å². The quantitative estimate of drug-likeness (QED) is 0.440. The second-order valence-electron chi connectivity index (χ2n) is 11.7. The van der Waals surface area contributed by atoms with E-state index in [0.29, 0.717) is 16.7 Å². The normalized spacial score (nSPS) is 46.1. The van der Waals surface area contributed by atoms with Gasteiger partial charge in [-0.25, -0.2) is 0 Å². The van der Waals surface area contributed by atoms with Crippen LogP contribution in [0.1, 0.15) is 92.9 Å². The van der Waals surface area contributed by atoms with E-state index >= 15 is 0 Å². The number of allylic oxidation sites excluding steroid dienone is 4. The van der Waals surface area contributed by atoms with Gasteiger partial charge in [0.1, 0.15) is 0 Å². The first-order chi connectivity index (χ1) is 12.8. The second kappa shape index (κ2) is 7.07. The molecule has 0 bridgehead atoms. The van der Waals surface area contributed by atoms with Crippen molar-refractivity contribution in [2.24, 2.45) is 52.3 Å². The molecule has 0 amide bonds. The molecule has 0 aromatic carbocycles. The van der Waals surface area contributed by atoms with E-state index in [9.17, 15) is 0 Å². The van der Waals surface area contributed by atoms with E-state index in [1.165, 1.54) is 51.4 Å². The van der Waals surface area contributed by atoms with Gasteiger partial charge in [-0.2, -0.15) is 0 Å². The zero-order valence-corrected chi connectivity index (χ0v) is 18.9. The Hall–Kier alpha value is -0.520. The number of rotatable bonds is 4. The molecule has 0 radical (unpaired) electrons. The SMILES string of the molecule is CC(C)C(C)C=CC(C)C1CCC2C3=CCC4CCCC4(C)C3CCC21C. The van der Waals surface area contributed by atoms with Crippen LogP contribution in [0.15, 0.2) is 23.8 Å². The second-order valence-corrected chi connectivity index (χ2v) is 11.7. The van der Waals surface area contributed by atoms with Gasteiger partial charge in [0.2, 0.25) is 0 Å². The van der Waals surface area contributed by atoms with Crippen LogP contribution in [0.4, 0.5) is 0 Å². The Balaban J connectivity index is 1.54. The highest BCUT2D eigenvalue weighted by molar-refractivity contribution is 5.28. The molecule has 0 aliphatic heterocycles. The van der Waals surface area contributed by atoms with E-state index < -0.39 is 0 Å². The first-order valence-electron chi connectivity index (χ1n) is 12.2. The summed E-state index contributed by atoms with van der Waals surface area (Å²) in [6.45, 7) is 14.9. The molecule has 8 atom stereocenters. The van der Waals surface area contributed by atoms with Crippen LogP contribution < -0.4 is 0 Å². The minimum atomic E-state index is 0.551. The highest BCUT2D eigenvalue weighted by atomic mass is 14.6. The van der Waals surface area contributed by atoms with E-state index in [1.54, 1.807) is 0 Å². The van der Waals surface area contributed by atoms with Crippen molar-refractivity contribution < 1.29 is 0 Å². The van der Waals surface area contributed by atoms with Gasteiger partial charge in [-0.05, 0) is 97.2 Å². The van der Waals surface area contributed by atoms with Crippen LogP contribution in [-0.2, 0) is 0 Å². The van der Waals surface area contributed by atoms with Crippen LogP contribution >= 0.6 is 0 Å². The summed E-state index contributed by atoms with van der Waals surface area (Å²) in [5, 5.41) is 0. The fourth-order valence-corrected chi connectivity index (χ4v) is 7.99. The molecule has 4 rings (SSSR count). The Morgan fingerprint density at radius 3 is 2.37 bits per heavy atom. The van der Waals surface area contributed by atoms with E-state index in [-0.39, 0.29) is 0 Å². The molecule has 0 aromatic heterocycles. The maximum absolute atomic E-state index is 2.76. The van der Waals surface area contributed by atoms with Gasteiger partial charge in [-0.1, -0.05) is 71.8 Å². The van der Waals surface area contributed by atoms with E-state index in [0.717, 1.165) is 35.5 Å². The van der Waals surface area contributed by atoms with Crippen molar-refractivity contribution in [1.82, 2.24) is 0 Å². The molecular weight excluding hydrogens is 324 g/mol. The van der Waals surface area contributed by atoms with Crippen molar-refractivity contribution in [3.8, 4) is 0 Å². The third-order valence-electron chi connectivity index (χ3n) is 10.2. The van der Waals surface area contributed by atoms with Gasteiger partial charge in [0.25, 0.3) is 0 Å². The van der Waals surface area contributed by atoms with Crippen molar-refractivity contribution in [2.75, 3.05) is 0 Å². The molecule has 0 spiro atoms. The number of hydrogen-bond acceptors (Lipinski definition) is 0. The van der Waals surface area contributed by atoms with E-state index in [2.05, 4.69) is 59.8 Å². The smallest absolute Gasteiger partial charge is 0.0143 e. The summed E-state index contributed by atoms with van der Waals surface area (Å²) < 4.78 is 0. The average molecular weight is 369 g/mol. The summed E-state index contributed by atoms with van der Waals surface area (Å²) in [4.78, 5) is 0. The summed E-state index contributed by atoms with van der Waals surface area (Å²) in [7, 11) is 0. The largest absolute Gasteiger partial charge is 0.0852 e. The van der Waals surface area contributed by atoms with Crippen LogP contribution in [0.2, 0.25) is 0 Å². The molecule has 0 heteroatoms. The van der Waals surface area contributed by atoms with Crippen LogP contribution in [0, 0.1) is 52.3 Å². The lowest BCUT2D eigenvalue weighted by Crippen LogP contribution is -2.45. The van der Waals surface area contributed by atoms with Crippen molar-refractivity contribution in [3.63, 3.8) is 0 Å². The van der Waals surface area contributed by atoms with Crippen LogP contribution in [0.25, 0.3) is 0 Å². The zero-order valence-electron chi connectivity index (χ0n) is 18.9. The van der Waals surface area contributed by atoms with Crippen molar-refractivity contribution in [2.45, 2.75) is 92.9 Å². The lowest BCUT2D eigenvalue weighted by atomic mass is 9.51. The molecule has 3 fully saturated rings. The monoisotopic (exact) mass is 368 g/mol. The molecule has 0 N–H and O–H groups in total. The highest BCUT2D eigenvalue weighted by Crippen LogP contribution is 2.67. The molecule has 0 aromatic rings. The summed E-state index contributed by atoms with van der Waals surface area (Å²) in [6, 6.07) is 0. The predicted molar refractivity (Wildman–Crippen MR) is 117 cm³/mol. The Labute approximate surface area is 169 Å². The van der Waals surface area contributed by atoms with Crippen LogP contribution in [0.5, 0.6) is 0 Å².